The summed E-state index contributed by atoms with van der Waals surface area (Å²) in [4.78, 5) is 23.3. The van der Waals surface area contributed by atoms with Gasteiger partial charge in [0.25, 0.3) is 0 Å². The highest BCUT2D eigenvalue weighted by Gasteiger charge is 2.37. The van der Waals surface area contributed by atoms with Crippen molar-refractivity contribution in [2.24, 2.45) is 7.05 Å². The van der Waals surface area contributed by atoms with Crippen LogP contribution in [0.15, 0.2) is 23.4 Å². The number of aromatic carboxylic acids is 1. The van der Waals surface area contributed by atoms with E-state index in [2.05, 4.69) is 20.8 Å². The minimum Gasteiger partial charge on any atom is -0.534 e. The van der Waals surface area contributed by atoms with Crippen LogP contribution in [0.25, 0.3) is 0 Å². The molecule has 12 heteroatoms. The number of tetrazole rings is 1. The summed E-state index contributed by atoms with van der Waals surface area (Å²) < 4.78 is 6.77. The molecule has 0 spiro atoms. The molecule has 0 fully saturated rings. The minimum absolute atomic E-state index is 0.0216. The number of aryl methyl sites for hydroxylation is 1. The van der Waals surface area contributed by atoms with Crippen LogP contribution in [0.3, 0.4) is 0 Å². The predicted molar refractivity (Wildman–Crippen MR) is 87.2 cm³/mol. The van der Waals surface area contributed by atoms with E-state index >= 15 is 0 Å². The number of carbonyl (C=O) groups is 2. The zero-order valence-electron chi connectivity index (χ0n) is 13.1. The molecule has 10 nitrogen and oxygen atoms in total. The van der Waals surface area contributed by atoms with Crippen LogP contribution in [0, 0.1) is 0 Å². The molecule has 2 aromatic rings. The molecule has 0 saturated heterocycles. The molecule has 0 saturated carbocycles. The maximum atomic E-state index is 12.1. The van der Waals surface area contributed by atoms with Crippen LogP contribution in [0.4, 0.5) is 0 Å². The van der Waals surface area contributed by atoms with E-state index < -0.39 is 19.0 Å². The number of carbonyl (C=O) groups excluding carboxylic acids is 1. The van der Waals surface area contributed by atoms with Crippen molar-refractivity contribution in [1.82, 2.24) is 25.5 Å². The largest absolute Gasteiger partial charge is 0.547 e. The summed E-state index contributed by atoms with van der Waals surface area (Å²) in [6.07, 6.45) is 0.263. The van der Waals surface area contributed by atoms with Crippen LogP contribution < -0.4 is 9.97 Å². The number of rotatable bonds is 5. The molecular formula is C13H14BN5O5S. The number of thioether (sulfide) groups is 1. The van der Waals surface area contributed by atoms with Crippen molar-refractivity contribution in [1.29, 1.82) is 0 Å². The SMILES string of the molecule is Cn1nnnc1SCC(=O)N[C@H]1Cc2cccc(C(=O)O)c2OB1O. The molecule has 0 radical (unpaired) electrons. The molecule has 1 atom stereocenters. The van der Waals surface area contributed by atoms with Gasteiger partial charge in [0.05, 0.1) is 17.3 Å². The summed E-state index contributed by atoms with van der Waals surface area (Å²) in [5, 5.41) is 33.3. The second-order valence-electron chi connectivity index (χ2n) is 5.36. The van der Waals surface area contributed by atoms with Gasteiger partial charge < -0.3 is 20.1 Å². The highest BCUT2D eigenvalue weighted by atomic mass is 32.2. The van der Waals surface area contributed by atoms with Crippen LogP contribution in [-0.2, 0) is 18.3 Å². The maximum Gasteiger partial charge on any atom is 0.547 e. The van der Waals surface area contributed by atoms with E-state index in [9.17, 15) is 14.6 Å². The Kier molecular flexibility index (Phi) is 4.90. The van der Waals surface area contributed by atoms with Crippen molar-refractivity contribution in [2.75, 3.05) is 5.75 Å². The summed E-state index contributed by atoms with van der Waals surface area (Å²) in [5.74, 6) is -1.94. The Morgan fingerprint density at radius 2 is 2.32 bits per heavy atom. The second-order valence-corrected chi connectivity index (χ2v) is 6.30. The zero-order chi connectivity index (χ0) is 18.0. The molecule has 0 aliphatic carbocycles. The molecule has 3 N–H and O–H groups in total. The number of carboxylic acids is 1. The molecule has 0 bridgehead atoms. The van der Waals surface area contributed by atoms with Crippen molar-refractivity contribution < 1.29 is 24.4 Å². The van der Waals surface area contributed by atoms with E-state index in [1.54, 1.807) is 19.2 Å². The number of amides is 1. The van der Waals surface area contributed by atoms with Gasteiger partial charge >= 0.3 is 13.1 Å². The number of benzene rings is 1. The van der Waals surface area contributed by atoms with Crippen LogP contribution in [-0.4, -0.2) is 61.0 Å². The number of para-hydroxylation sites is 1. The first-order chi connectivity index (χ1) is 12.0. The molecule has 1 aliphatic heterocycles. The zero-order valence-corrected chi connectivity index (χ0v) is 13.9. The molecule has 2 heterocycles. The van der Waals surface area contributed by atoms with Crippen molar-refractivity contribution in [3.05, 3.63) is 29.3 Å². The Balaban J connectivity index is 1.64. The quantitative estimate of drug-likeness (QED) is 0.457. The van der Waals surface area contributed by atoms with Gasteiger partial charge in [-0.2, -0.15) is 0 Å². The van der Waals surface area contributed by atoms with Gasteiger partial charge in [0.2, 0.25) is 11.1 Å². The standard InChI is InChI=1S/C13H14BN5O5S/c1-19-13(16-17-18-19)25-6-10(20)15-9-5-7-3-2-4-8(12(21)22)11(7)24-14(9)23/h2-4,9,23H,5-6H2,1H3,(H,15,20)(H,21,22)/t9-/m0/s1. The topological polar surface area (TPSA) is 139 Å². The second kappa shape index (κ2) is 7.11. The Bertz CT molecular complexity index is 816. The van der Waals surface area contributed by atoms with E-state index in [1.807, 2.05) is 0 Å². The smallest absolute Gasteiger partial charge is 0.534 e. The Labute approximate surface area is 146 Å². The minimum atomic E-state index is -1.33. The van der Waals surface area contributed by atoms with E-state index in [4.69, 9.17) is 9.76 Å². The predicted octanol–water partition coefficient (Wildman–Crippen LogP) is -0.860. The molecule has 1 aromatic heterocycles. The van der Waals surface area contributed by atoms with Gasteiger partial charge in [-0.05, 0) is 28.5 Å². The first-order valence-electron chi connectivity index (χ1n) is 7.30. The Morgan fingerprint density at radius 3 is 3.00 bits per heavy atom. The number of hydrogen-bond donors (Lipinski definition) is 3. The molecule has 25 heavy (non-hydrogen) atoms. The monoisotopic (exact) mass is 363 g/mol. The van der Waals surface area contributed by atoms with Gasteiger partial charge in [0.1, 0.15) is 5.75 Å². The van der Waals surface area contributed by atoms with Gasteiger partial charge in [-0.3, -0.25) is 4.79 Å². The number of nitrogens with zero attached hydrogens (tertiary/aromatic N) is 4. The molecule has 130 valence electrons. The molecule has 0 unspecified atom stereocenters. The Morgan fingerprint density at radius 1 is 1.52 bits per heavy atom. The fourth-order valence-corrected chi connectivity index (χ4v) is 3.10. The average molecular weight is 363 g/mol. The molecule has 1 aliphatic rings. The van der Waals surface area contributed by atoms with Crippen LogP contribution in [0.1, 0.15) is 15.9 Å². The average Bonchev–Trinajstić information content (AvgIpc) is 2.98. The molecule has 1 amide bonds. The van der Waals surface area contributed by atoms with Gasteiger partial charge in [0.15, 0.2) is 0 Å². The third-order valence-corrected chi connectivity index (χ3v) is 4.62. The first kappa shape index (κ1) is 17.2. The lowest BCUT2D eigenvalue weighted by atomic mass is 9.72. The van der Waals surface area contributed by atoms with E-state index in [0.29, 0.717) is 10.7 Å². The van der Waals surface area contributed by atoms with Crippen LogP contribution >= 0.6 is 11.8 Å². The van der Waals surface area contributed by atoms with Gasteiger partial charge in [-0.15, -0.1) is 5.10 Å². The third kappa shape index (κ3) is 3.74. The number of nitrogens with one attached hydrogen (secondary N) is 1. The highest BCUT2D eigenvalue weighted by Crippen LogP contribution is 2.30. The van der Waals surface area contributed by atoms with E-state index in [-0.39, 0.29) is 29.4 Å². The maximum absolute atomic E-state index is 12.1. The van der Waals surface area contributed by atoms with Crippen molar-refractivity contribution >= 4 is 30.8 Å². The fraction of sp³-hybridized carbons (Fsp3) is 0.308. The van der Waals surface area contributed by atoms with Crippen LogP contribution in [0.5, 0.6) is 5.75 Å². The van der Waals surface area contributed by atoms with E-state index in [1.165, 1.54) is 10.7 Å². The highest BCUT2D eigenvalue weighted by molar-refractivity contribution is 7.99. The lowest BCUT2D eigenvalue weighted by Crippen LogP contribution is -2.53. The van der Waals surface area contributed by atoms with Crippen molar-refractivity contribution in [3.63, 3.8) is 0 Å². The van der Waals surface area contributed by atoms with Gasteiger partial charge in [-0.25, -0.2) is 9.48 Å². The van der Waals surface area contributed by atoms with Crippen molar-refractivity contribution in [3.8, 4) is 5.75 Å². The first-order valence-corrected chi connectivity index (χ1v) is 8.28. The van der Waals surface area contributed by atoms with E-state index in [0.717, 1.165) is 11.8 Å². The fourth-order valence-electron chi connectivity index (χ4n) is 2.44. The summed E-state index contributed by atoms with van der Waals surface area (Å²) in [6, 6.07) is 4.70. The van der Waals surface area contributed by atoms with Crippen molar-refractivity contribution in [2.45, 2.75) is 17.5 Å². The van der Waals surface area contributed by atoms with Crippen LogP contribution in [0.2, 0.25) is 0 Å². The molecular weight excluding hydrogens is 349 g/mol. The lowest BCUT2D eigenvalue weighted by molar-refractivity contribution is -0.119. The third-order valence-electron chi connectivity index (χ3n) is 3.61. The van der Waals surface area contributed by atoms with Gasteiger partial charge in [-0.1, -0.05) is 23.9 Å². The number of hydrogen-bond acceptors (Lipinski definition) is 8. The Hall–Kier alpha value is -2.60. The van der Waals surface area contributed by atoms with Gasteiger partial charge in [0, 0.05) is 7.05 Å². The summed E-state index contributed by atoms with van der Waals surface area (Å²) in [6.45, 7) is 0. The number of fused-ring (bicyclic) bond motifs is 1. The molecule has 1 aromatic carbocycles. The number of aromatic nitrogens is 4. The lowest BCUT2D eigenvalue weighted by Gasteiger charge is -2.28. The summed E-state index contributed by atoms with van der Waals surface area (Å²) >= 11 is 1.16. The summed E-state index contributed by atoms with van der Waals surface area (Å²) in [7, 11) is 0.328. The molecule has 3 rings (SSSR count). The normalized spacial score (nSPS) is 16.1. The summed E-state index contributed by atoms with van der Waals surface area (Å²) in [5.41, 5.74) is 0.590. The number of carboxylic acid groups (broad SMARTS) is 1.